The molecule has 1 N–H and O–H groups in total. The molecule has 2 unspecified atom stereocenters. The van der Waals surface area contributed by atoms with Gasteiger partial charge in [-0.05, 0) is 36.6 Å². The molecule has 0 heterocycles. The zero-order chi connectivity index (χ0) is 12.0. The van der Waals surface area contributed by atoms with Gasteiger partial charge in [0.25, 0.3) is 0 Å². The van der Waals surface area contributed by atoms with Crippen molar-refractivity contribution in [1.82, 2.24) is 5.32 Å². The Hall–Kier alpha value is -0.340. The van der Waals surface area contributed by atoms with E-state index in [0.717, 1.165) is 16.9 Å². The topological polar surface area (TPSA) is 12.0 Å². The van der Waals surface area contributed by atoms with Crippen LogP contribution in [0.25, 0.3) is 0 Å². The normalized spacial score (nSPS) is 14.8. The molecule has 1 aromatic rings. The predicted octanol–water partition coefficient (Wildman–Crippen LogP) is 4.54. The quantitative estimate of drug-likeness (QED) is 0.809. The van der Waals surface area contributed by atoms with Crippen LogP contribution < -0.4 is 5.32 Å². The Balaban J connectivity index is 2.76. The summed E-state index contributed by atoms with van der Waals surface area (Å²) in [4.78, 5) is 0. The average molecular weight is 284 g/mol. The van der Waals surface area contributed by atoms with Gasteiger partial charge in [0.1, 0.15) is 0 Å². The van der Waals surface area contributed by atoms with E-state index in [0.29, 0.717) is 6.04 Å². The molecule has 0 amide bonds. The first-order valence-electron chi connectivity index (χ1n) is 6.16. The maximum Gasteiger partial charge on any atom is 0.0323 e. The largest absolute Gasteiger partial charge is 0.310 e. The molecule has 0 aromatic heterocycles. The van der Waals surface area contributed by atoms with E-state index in [-0.39, 0.29) is 0 Å². The highest BCUT2D eigenvalue weighted by molar-refractivity contribution is 9.10. The molecular formula is C14H22BrN. The zero-order valence-electron chi connectivity index (χ0n) is 10.5. The van der Waals surface area contributed by atoms with Crippen LogP contribution in [0.4, 0.5) is 0 Å². The number of benzene rings is 1. The van der Waals surface area contributed by atoms with Gasteiger partial charge in [-0.1, -0.05) is 55.3 Å². The number of nitrogens with one attached hydrogen (secondary N) is 1. The molecule has 1 rings (SSSR count). The maximum absolute atomic E-state index is 3.57. The van der Waals surface area contributed by atoms with E-state index in [1.54, 1.807) is 0 Å². The van der Waals surface area contributed by atoms with Crippen LogP contribution in [0.1, 0.15) is 45.2 Å². The first-order valence-corrected chi connectivity index (χ1v) is 6.95. The summed E-state index contributed by atoms with van der Waals surface area (Å²) >= 11 is 3.54. The fourth-order valence-electron chi connectivity index (χ4n) is 1.88. The minimum absolute atomic E-state index is 0.484. The van der Waals surface area contributed by atoms with Gasteiger partial charge >= 0.3 is 0 Å². The van der Waals surface area contributed by atoms with Crippen molar-refractivity contribution in [3.8, 4) is 0 Å². The van der Waals surface area contributed by atoms with Crippen LogP contribution in [0.15, 0.2) is 28.7 Å². The molecule has 0 aliphatic rings. The second-order valence-electron chi connectivity index (χ2n) is 4.41. The summed E-state index contributed by atoms with van der Waals surface area (Å²) in [5.41, 5.74) is 1.39. The van der Waals surface area contributed by atoms with Crippen LogP contribution in [-0.4, -0.2) is 6.54 Å². The van der Waals surface area contributed by atoms with E-state index in [1.807, 2.05) is 0 Å². The second kappa shape index (κ2) is 7.08. The SMILES string of the molecule is CCNC(CC(C)CC)c1cccc(Br)c1. The Bertz CT molecular complexity index is 311. The summed E-state index contributed by atoms with van der Waals surface area (Å²) in [6.45, 7) is 7.77. The van der Waals surface area contributed by atoms with Crippen LogP contribution >= 0.6 is 15.9 Å². The van der Waals surface area contributed by atoms with Gasteiger partial charge in [-0.15, -0.1) is 0 Å². The first-order chi connectivity index (χ1) is 7.67. The minimum Gasteiger partial charge on any atom is -0.310 e. The second-order valence-corrected chi connectivity index (χ2v) is 5.33. The fraction of sp³-hybridized carbons (Fsp3) is 0.571. The van der Waals surface area contributed by atoms with Gasteiger partial charge in [0.2, 0.25) is 0 Å². The Kier molecular flexibility index (Phi) is 6.07. The van der Waals surface area contributed by atoms with E-state index in [9.17, 15) is 0 Å². The molecule has 0 spiro atoms. The van der Waals surface area contributed by atoms with Crippen molar-refractivity contribution in [2.24, 2.45) is 5.92 Å². The average Bonchev–Trinajstić information content (AvgIpc) is 2.28. The van der Waals surface area contributed by atoms with E-state index in [2.05, 4.69) is 66.3 Å². The van der Waals surface area contributed by atoms with Crippen molar-refractivity contribution in [2.75, 3.05) is 6.54 Å². The van der Waals surface area contributed by atoms with Crippen LogP contribution in [0.5, 0.6) is 0 Å². The lowest BCUT2D eigenvalue weighted by Crippen LogP contribution is -2.22. The van der Waals surface area contributed by atoms with Crippen molar-refractivity contribution >= 4 is 15.9 Å². The lowest BCUT2D eigenvalue weighted by Gasteiger charge is -2.21. The summed E-state index contributed by atoms with van der Waals surface area (Å²) in [6, 6.07) is 9.10. The predicted molar refractivity (Wildman–Crippen MR) is 74.6 cm³/mol. The number of hydrogen-bond donors (Lipinski definition) is 1. The first kappa shape index (κ1) is 13.7. The highest BCUT2D eigenvalue weighted by Crippen LogP contribution is 2.25. The molecule has 90 valence electrons. The Morgan fingerprint density at radius 3 is 2.62 bits per heavy atom. The van der Waals surface area contributed by atoms with Crippen LogP contribution in [-0.2, 0) is 0 Å². The fourth-order valence-corrected chi connectivity index (χ4v) is 2.29. The smallest absolute Gasteiger partial charge is 0.0323 e. The molecule has 16 heavy (non-hydrogen) atoms. The van der Waals surface area contributed by atoms with Crippen LogP contribution in [0.2, 0.25) is 0 Å². The van der Waals surface area contributed by atoms with Gasteiger partial charge in [-0.3, -0.25) is 0 Å². The van der Waals surface area contributed by atoms with Crippen molar-refractivity contribution in [2.45, 2.75) is 39.7 Å². The summed E-state index contributed by atoms with van der Waals surface area (Å²) in [6.07, 6.45) is 2.46. The standard InChI is InChI=1S/C14H22BrN/c1-4-11(3)9-14(16-5-2)12-7-6-8-13(15)10-12/h6-8,10-11,14,16H,4-5,9H2,1-3H3. The summed E-state index contributed by atoms with van der Waals surface area (Å²) in [5, 5.41) is 3.57. The molecule has 0 saturated heterocycles. The molecule has 2 heteroatoms. The van der Waals surface area contributed by atoms with Gasteiger partial charge in [-0.2, -0.15) is 0 Å². The summed E-state index contributed by atoms with van der Waals surface area (Å²) in [7, 11) is 0. The molecule has 0 saturated carbocycles. The van der Waals surface area contributed by atoms with Gasteiger partial charge in [0.05, 0.1) is 0 Å². The van der Waals surface area contributed by atoms with Gasteiger partial charge in [-0.25, -0.2) is 0 Å². The van der Waals surface area contributed by atoms with Gasteiger partial charge in [0, 0.05) is 10.5 Å². The zero-order valence-corrected chi connectivity index (χ0v) is 12.0. The third-order valence-electron chi connectivity index (χ3n) is 3.04. The van der Waals surface area contributed by atoms with E-state index in [4.69, 9.17) is 0 Å². The number of halogens is 1. The summed E-state index contributed by atoms with van der Waals surface area (Å²) in [5.74, 6) is 0.767. The number of rotatable bonds is 6. The summed E-state index contributed by atoms with van der Waals surface area (Å²) < 4.78 is 1.16. The monoisotopic (exact) mass is 283 g/mol. The molecule has 0 bridgehead atoms. The Morgan fingerprint density at radius 2 is 2.06 bits per heavy atom. The number of hydrogen-bond acceptors (Lipinski definition) is 1. The van der Waals surface area contributed by atoms with Crippen molar-refractivity contribution in [3.63, 3.8) is 0 Å². The molecular weight excluding hydrogens is 262 g/mol. The molecule has 0 aliphatic heterocycles. The third-order valence-corrected chi connectivity index (χ3v) is 3.53. The van der Waals surface area contributed by atoms with Crippen molar-refractivity contribution in [3.05, 3.63) is 34.3 Å². The van der Waals surface area contributed by atoms with Crippen molar-refractivity contribution in [1.29, 1.82) is 0 Å². The van der Waals surface area contributed by atoms with Crippen LogP contribution in [0, 0.1) is 5.92 Å². The molecule has 0 aliphatic carbocycles. The third kappa shape index (κ3) is 4.26. The van der Waals surface area contributed by atoms with E-state index >= 15 is 0 Å². The lowest BCUT2D eigenvalue weighted by molar-refractivity contribution is 0.408. The molecule has 0 radical (unpaired) electrons. The minimum atomic E-state index is 0.484. The Labute approximate surface area is 108 Å². The highest BCUT2D eigenvalue weighted by Gasteiger charge is 2.13. The molecule has 1 nitrogen and oxygen atoms in total. The maximum atomic E-state index is 3.57. The van der Waals surface area contributed by atoms with E-state index < -0.39 is 0 Å². The highest BCUT2D eigenvalue weighted by atomic mass is 79.9. The molecule has 0 fully saturated rings. The van der Waals surface area contributed by atoms with E-state index in [1.165, 1.54) is 18.4 Å². The molecule has 2 atom stereocenters. The van der Waals surface area contributed by atoms with Gasteiger partial charge in [0.15, 0.2) is 0 Å². The van der Waals surface area contributed by atoms with Crippen LogP contribution in [0.3, 0.4) is 0 Å². The van der Waals surface area contributed by atoms with Crippen molar-refractivity contribution < 1.29 is 0 Å². The molecule has 1 aromatic carbocycles. The lowest BCUT2D eigenvalue weighted by atomic mass is 9.94. The van der Waals surface area contributed by atoms with Gasteiger partial charge < -0.3 is 5.32 Å². The Morgan fingerprint density at radius 1 is 1.31 bits per heavy atom.